The monoisotopic (exact) mass is 389 g/mol. The van der Waals surface area contributed by atoms with E-state index in [2.05, 4.69) is 22.9 Å². The quantitative estimate of drug-likeness (QED) is 0.547. The number of benzene rings is 2. The fourth-order valence-electron chi connectivity index (χ4n) is 2.62. The van der Waals surface area contributed by atoms with E-state index in [9.17, 15) is 9.59 Å². The molecule has 1 atom stereocenters. The molecule has 0 spiro atoms. The lowest BCUT2D eigenvalue weighted by molar-refractivity contribution is -0.121. The van der Waals surface area contributed by atoms with E-state index >= 15 is 0 Å². The topological polar surface area (TPSA) is 70.2 Å². The van der Waals surface area contributed by atoms with Crippen molar-refractivity contribution >= 4 is 24.2 Å². The summed E-state index contributed by atoms with van der Waals surface area (Å²) in [5.74, 6) is -0.262. The lowest BCUT2D eigenvalue weighted by Crippen LogP contribution is -2.36. The number of amides is 2. The first-order valence-electron chi connectivity index (χ1n) is 9.09. The smallest absolute Gasteiger partial charge is 0.251 e. The summed E-state index contributed by atoms with van der Waals surface area (Å²) in [7, 11) is 0. The standard InChI is InChI=1S/C21H27N3O2.ClH/c1-2-13-22-14-15-23-20(25)16-19(17-9-5-3-6-10-17)24-21(26)18-11-7-4-8-12-18;/h3-12,19,22H,2,13-16H2,1H3,(H,23,25)(H,24,26);1H. The van der Waals surface area contributed by atoms with Crippen LogP contribution in [0.4, 0.5) is 0 Å². The molecule has 27 heavy (non-hydrogen) atoms. The van der Waals surface area contributed by atoms with Crippen molar-refractivity contribution in [2.45, 2.75) is 25.8 Å². The average molecular weight is 390 g/mol. The highest BCUT2D eigenvalue weighted by molar-refractivity contribution is 5.94. The molecule has 1 unspecified atom stereocenters. The lowest BCUT2D eigenvalue weighted by atomic mass is 10.0. The van der Waals surface area contributed by atoms with E-state index in [1.165, 1.54) is 0 Å². The molecular formula is C21H28ClN3O2. The van der Waals surface area contributed by atoms with Gasteiger partial charge in [-0.2, -0.15) is 0 Å². The summed E-state index contributed by atoms with van der Waals surface area (Å²) >= 11 is 0. The first kappa shape index (κ1) is 22.7. The minimum Gasteiger partial charge on any atom is -0.355 e. The van der Waals surface area contributed by atoms with Crippen molar-refractivity contribution in [3.63, 3.8) is 0 Å². The van der Waals surface area contributed by atoms with Gasteiger partial charge in [-0.1, -0.05) is 55.5 Å². The molecule has 2 amide bonds. The third kappa shape index (κ3) is 8.24. The molecule has 0 radical (unpaired) electrons. The second-order valence-electron chi connectivity index (χ2n) is 6.11. The Labute approximate surface area is 167 Å². The van der Waals surface area contributed by atoms with Crippen molar-refractivity contribution in [1.82, 2.24) is 16.0 Å². The van der Waals surface area contributed by atoms with Gasteiger partial charge in [0.2, 0.25) is 5.91 Å². The van der Waals surface area contributed by atoms with Gasteiger partial charge in [0.15, 0.2) is 0 Å². The maximum Gasteiger partial charge on any atom is 0.251 e. The molecule has 0 aliphatic heterocycles. The van der Waals surface area contributed by atoms with Crippen LogP contribution in [0, 0.1) is 0 Å². The van der Waals surface area contributed by atoms with Crippen LogP contribution >= 0.6 is 12.4 Å². The van der Waals surface area contributed by atoms with Crippen molar-refractivity contribution in [2.75, 3.05) is 19.6 Å². The first-order chi connectivity index (χ1) is 12.7. The zero-order chi connectivity index (χ0) is 18.6. The summed E-state index contributed by atoms with van der Waals surface area (Å²) in [6, 6.07) is 18.2. The van der Waals surface area contributed by atoms with E-state index in [0.717, 1.165) is 25.1 Å². The SMILES string of the molecule is CCCNCCNC(=O)CC(NC(=O)c1ccccc1)c1ccccc1.Cl. The molecule has 0 saturated heterocycles. The van der Waals surface area contributed by atoms with Crippen LogP contribution in [-0.4, -0.2) is 31.4 Å². The van der Waals surface area contributed by atoms with Crippen molar-refractivity contribution in [1.29, 1.82) is 0 Å². The van der Waals surface area contributed by atoms with Crippen LogP contribution in [0.25, 0.3) is 0 Å². The Hall–Kier alpha value is -2.37. The first-order valence-corrected chi connectivity index (χ1v) is 9.09. The van der Waals surface area contributed by atoms with Crippen molar-refractivity contribution in [2.24, 2.45) is 0 Å². The fraction of sp³-hybridized carbons (Fsp3) is 0.333. The summed E-state index contributed by atoms with van der Waals surface area (Å²) in [6.45, 7) is 4.36. The summed E-state index contributed by atoms with van der Waals surface area (Å²) < 4.78 is 0. The molecule has 0 aromatic heterocycles. The molecule has 2 aromatic rings. The molecule has 5 nitrogen and oxygen atoms in total. The summed E-state index contributed by atoms with van der Waals surface area (Å²) in [5, 5.41) is 9.12. The molecule has 146 valence electrons. The Balaban J connectivity index is 0.00000364. The second-order valence-corrected chi connectivity index (χ2v) is 6.11. The molecular weight excluding hydrogens is 362 g/mol. The zero-order valence-corrected chi connectivity index (χ0v) is 16.4. The van der Waals surface area contributed by atoms with Gasteiger partial charge in [0, 0.05) is 18.7 Å². The van der Waals surface area contributed by atoms with Gasteiger partial charge in [-0.3, -0.25) is 9.59 Å². The third-order valence-corrected chi connectivity index (χ3v) is 3.98. The molecule has 6 heteroatoms. The van der Waals surface area contributed by atoms with Crippen molar-refractivity contribution in [3.8, 4) is 0 Å². The predicted octanol–water partition coefficient (Wildman–Crippen LogP) is 3.09. The third-order valence-electron chi connectivity index (χ3n) is 3.98. The number of nitrogens with one attached hydrogen (secondary N) is 3. The van der Waals surface area contributed by atoms with Crippen molar-refractivity contribution in [3.05, 3.63) is 71.8 Å². The number of hydrogen-bond acceptors (Lipinski definition) is 3. The number of carbonyl (C=O) groups is 2. The number of carbonyl (C=O) groups excluding carboxylic acids is 2. The molecule has 0 aliphatic carbocycles. The van der Waals surface area contributed by atoms with Crippen LogP contribution in [0.2, 0.25) is 0 Å². The Morgan fingerprint density at radius 1 is 0.889 bits per heavy atom. The highest BCUT2D eigenvalue weighted by Crippen LogP contribution is 2.17. The van der Waals surface area contributed by atoms with Crippen LogP contribution in [-0.2, 0) is 4.79 Å². The normalized spacial score (nSPS) is 11.1. The lowest BCUT2D eigenvalue weighted by Gasteiger charge is -2.19. The van der Waals surface area contributed by atoms with E-state index in [1.807, 2.05) is 48.5 Å². The van der Waals surface area contributed by atoms with Crippen LogP contribution in [0.1, 0.15) is 41.7 Å². The minimum atomic E-state index is -0.368. The Morgan fingerprint density at radius 3 is 2.15 bits per heavy atom. The van der Waals surface area contributed by atoms with Crippen LogP contribution in [0.15, 0.2) is 60.7 Å². The van der Waals surface area contributed by atoms with Crippen LogP contribution in [0.5, 0.6) is 0 Å². The van der Waals surface area contributed by atoms with E-state index in [-0.39, 0.29) is 36.7 Å². The van der Waals surface area contributed by atoms with Gasteiger partial charge in [-0.05, 0) is 30.7 Å². The number of halogens is 1. The zero-order valence-electron chi connectivity index (χ0n) is 15.6. The summed E-state index contributed by atoms with van der Waals surface area (Å²) in [6.07, 6.45) is 1.27. The van der Waals surface area contributed by atoms with Gasteiger partial charge >= 0.3 is 0 Å². The maximum atomic E-state index is 12.5. The highest BCUT2D eigenvalue weighted by atomic mass is 35.5. The van der Waals surface area contributed by atoms with E-state index < -0.39 is 0 Å². The van der Waals surface area contributed by atoms with Crippen molar-refractivity contribution < 1.29 is 9.59 Å². The van der Waals surface area contributed by atoms with Gasteiger partial charge in [-0.15, -0.1) is 12.4 Å². The summed E-state index contributed by atoms with van der Waals surface area (Å²) in [4.78, 5) is 24.8. The van der Waals surface area contributed by atoms with E-state index in [1.54, 1.807) is 12.1 Å². The van der Waals surface area contributed by atoms with Crippen LogP contribution in [0.3, 0.4) is 0 Å². The number of rotatable bonds is 10. The van der Waals surface area contributed by atoms with Gasteiger partial charge in [0.1, 0.15) is 0 Å². The minimum absolute atomic E-state index is 0. The Bertz CT molecular complexity index is 680. The Morgan fingerprint density at radius 2 is 1.52 bits per heavy atom. The largest absolute Gasteiger partial charge is 0.355 e. The summed E-state index contributed by atoms with van der Waals surface area (Å²) in [5.41, 5.74) is 1.49. The molecule has 2 aromatic carbocycles. The molecule has 0 fully saturated rings. The number of hydrogen-bond donors (Lipinski definition) is 3. The average Bonchev–Trinajstić information content (AvgIpc) is 2.68. The molecule has 0 heterocycles. The fourth-order valence-corrected chi connectivity index (χ4v) is 2.62. The van der Waals surface area contributed by atoms with E-state index in [4.69, 9.17) is 0 Å². The molecule has 3 N–H and O–H groups in total. The molecule has 0 aliphatic rings. The van der Waals surface area contributed by atoms with E-state index in [0.29, 0.717) is 12.1 Å². The second kappa shape index (κ2) is 12.9. The predicted molar refractivity (Wildman–Crippen MR) is 111 cm³/mol. The van der Waals surface area contributed by atoms with Gasteiger partial charge in [-0.25, -0.2) is 0 Å². The van der Waals surface area contributed by atoms with Gasteiger partial charge < -0.3 is 16.0 Å². The molecule has 2 rings (SSSR count). The maximum absolute atomic E-state index is 12.5. The van der Waals surface area contributed by atoms with Gasteiger partial charge in [0.05, 0.1) is 12.5 Å². The Kier molecular flexibility index (Phi) is 10.8. The highest BCUT2D eigenvalue weighted by Gasteiger charge is 2.18. The molecule has 0 bridgehead atoms. The van der Waals surface area contributed by atoms with Crippen LogP contribution < -0.4 is 16.0 Å². The van der Waals surface area contributed by atoms with Gasteiger partial charge in [0.25, 0.3) is 5.91 Å². The molecule has 0 saturated carbocycles.